The van der Waals surface area contributed by atoms with E-state index in [9.17, 15) is 14.9 Å². The Bertz CT molecular complexity index is 1070. The summed E-state index contributed by atoms with van der Waals surface area (Å²) in [4.78, 5) is 28.8. The van der Waals surface area contributed by atoms with Crippen molar-refractivity contribution < 1.29 is 14.3 Å². The van der Waals surface area contributed by atoms with Crippen molar-refractivity contribution in [3.63, 3.8) is 0 Å². The van der Waals surface area contributed by atoms with Gasteiger partial charge in [0.2, 0.25) is 0 Å². The van der Waals surface area contributed by atoms with Crippen LogP contribution in [0.5, 0.6) is 5.75 Å². The fourth-order valence-electron chi connectivity index (χ4n) is 3.83. The van der Waals surface area contributed by atoms with Crippen LogP contribution in [0.15, 0.2) is 35.9 Å². The third kappa shape index (κ3) is 4.33. The van der Waals surface area contributed by atoms with Crippen LogP contribution >= 0.6 is 0 Å². The zero-order chi connectivity index (χ0) is 22.7. The van der Waals surface area contributed by atoms with Gasteiger partial charge in [-0.1, -0.05) is 19.1 Å². The van der Waals surface area contributed by atoms with Gasteiger partial charge in [0.15, 0.2) is 6.10 Å². The Morgan fingerprint density at radius 2 is 2.00 bits per heavy atom. The van der Waals surface area contributed by atoms with Gasteiger partial charge >= 0.3 is 0 Å². The normalized spacial score (nSPS) is 15.7. The van der Waals surface area contributed by atoms with Crippen molar-refractivity contribution in [3.05, 3.63) is 52.9 Å². The number of rotatable bonds is 5. The molecule has 1 aromatic heterocycles. The van der Waals surface area contributed by atoms with E-state index in [4.69, 9.17) is 4.74 Å². The number of para-hydroxylation sites is 2. The smallest absolute Gasteiger partial charge is 0.269 e. The van der Waals surface area contributed by atoms with Crippen LogP contribution in [-0.4, -0.2) is 48.0 Å². The molecule has 2 amide bonds. The SMILES string of the molecule is CCCn1c(C)cc(/C=C(/C#N)C(=O)N2CC(C(=O)N(C)C)Oc3ccccc32)c1C. The zero-order valence-corrected chi connectivity index (χ0v) is 18.7. The van der Waals surface area contributed by atoms with Gasteiger partial charge in [-0.25, -0.2) is 0 Å². The molecular weight excluding hydrogens is 392 g/mol. The predicted octanol–water partition coefficient (Wildman–Crippen LogP) is 3.30. The second kappa shape index (κ2) is 9.09. The molecule has 0 bridgehead atoms. The third-order valence-electron chi connectivity index (χ3n) is 5.45. The van der Waals surface area contributed by atoms with Crippen LogP contribution in [0.25, 0.3) is 6.08 Å². The first-order valence-electron chi connectivity index (χ1n) is 10.4. The molecule has 3 rings (SSSR count). The highest BCUT2D eigenvalue weighted by atomic mass is 16.5. The highest BCUT2D eigenvalue weighted by molar-refractivity contribution is 6.12. The molecule has 7 heteroatoms. The fraction of sp³-hybridized carbons (Fsp3) is 0.375. The number of hydrogen-bond acceptors (Lipinski definition) is 4. The van der Waals surface area contributed by atoms with Gasteiger partial charge in [-0.05, 0) is 50.1 Å². The van der Waals surface area contributed by atoms with Crippen molar-refractivity contribution in [1.82, 2.24) is 9.47 Å². The Hall–Kier alpha value is -3.53. The standard InChI is InChI=1S/C24H28N4O3/c1-6-11-27-16(2)12-18(17(27)3)13-19(14-25)23(29)28-15-22(24(30)26(4)5)31-21-10-8-7-9-20(21)28/h7-10,12-13,22H,6,11,15H2,1-5H3/b19-13-. The highest BCUT2D eigenvalue weighted by Gasteiger charge is 2.35. The Morgan fingerprint density at radius 3 is 2.65 bits per heavy atom. The van der Waals surface area contributed by atoms with E-state index in [0.717, 1.165) is 29.9 Å². The monoisotopic (exact) mass is 420 g/mol. The fourth-order valence-corrected chi connectivity index (χ4v) is 3.83. The summed E-state index contributed by atoms with van der Waals surface area (Å²) < 4.78 is 8.02. The molecule has 0 fully saturated rings. The average molecular weight is 421 g/mol. The second-order valence-electron chi connectivity index (χ2n) is 7.87. The minimum atomic E-state index is -0.830. The van der Waals surface area contributed by atoms with Crippen molar-refractivity contribution in [3.8, 4) is 11.8 Å². The van der Waals surface area contributed by atoms with Crippen molar-refractivity contribution in [2.24, 2.45) is 0 Å². The molecule has 1 unspecified atom stereocenters. The number of carbonyl (C=O) groups excluding carboxylic acids is 2. The number of anilines is 1. The Kier molecular flexibility index (Phi) is 6.50. The average Bonchev–Trinajstić information content (AvgIpc) is 3.03. The van der Waals surface area contributed by atoms with E-state index < -0.39 is 12.0 Å². The van der Waals surface area contributed by atoms with E-state index in [1.54, 1.807) is 44.4 Å². The summed E-state index contributed by atoms with van der Waals surface area (Å²) in [6.45, 7) is 7.04. The highest BCUT2D eigenvalue weighted by Crippen LogP contribution is 2.34. The van der Waals surface area contributed by atoms with Crippen LogP contribution in [0.4, 0.5) is 5.69 Å². The number of nitriles is 1. The van der Waals surface area contributed by atoms with Gasteiger partial charge < -0.3 is 14.2 Å². The summed E-state index contributed by atoms with van der Waals surface area (Å²) >= 11 is 0. The van der Waals surface area contributed by atoms with Crippen LogP contribution in [0, 0.1) is 25.2 Å². The van der Waals surface area contributed by atoms with Gasteiger partial charge in [-0.2, -0.15) is 5.26 Å². The van der Waals surface area contributed by atoms with Gasteiger partial charge in [-0.15, -0.1) is 0 Å². The van der Waals surface area contributed by atoms with Crippen LogP contribution in [-0.2, 0) is 16.1 Å². The van der Waals surface area contributed by atoms with E-state index in [1.165, 1.54) is 9.80 Å². The first-order chi connectivity index (χ1) is 14.8. The van der Waals surface area contributed by atoms with Crippen molar-refractivity contribution in [1.29, 1.82) is 5.26 Å². The predicted molar refractivity (Wildman–Crippen MR) is 120 cm³/mol. The number of hydrogen-bond donors (Lipinski definition) is 0. The van der Waals surface area contributed by atoms with Gasteiger partial charge in [0, 0.05) is 32.0 Å². The minimum Gasteiger partial charge on any atom is -0.476 e. The Labute approximate surface area is 183 Å². The summed E-state index contributed by atoms with van der Waals surface area (Å²) in [6, 6.07) is 11.1. The second-order valence-corrected chi connectivity index (χ2v) is 7.87. The van der Waals surface area contributed by atoms with E-state index in [2.05, 4.69) is 17.6 Å². The number of aromatic nitrogens is 1. The number of aryl methyl sites for hydroxylation is 1. The molecule has 0 N–H and O–H groups in total. The van der Waals surface area contributed by atoms with E-state index >= 15 is 0 Å². The molecule has 2 heterocycles. The van der Waals surface area contributed by atoms with Crippen LogP contribution in [0.1, 0.15) is 30.3 Å². The largest absolute Gasteiger partial charge is 0.476 e. The van der Waals surface area contributed by atoms with E-state index in [0.29, 0.717) is 11.4 Å². The van der Waals surface area contributed by atoms with Gasteiger partial charge in [0.1, 0.15) is 17.4 Å². The van der Waals surface area contributed by atoms with Gasteiger partial charge in [0.05, 0.1) is 12.2 Å². The van der Waals surface area contributed by atoms with Crippen molar-refractivity contribution >= 4 is 23.6 Å². The van der Waals surface area contributed by atoms with Gasteiger partial charge in [0.25, 0.3) is 11.8 Å². The summed E-state index contributed by atoms with van der Waals surface area (Å²) in [5, 5.41) is 9.79. The maximum atomic E-state index is 13.4. The van der Waals surface area contributed by atoms with E-state index in [-0.39, 0.29) is 18.0 Å². The number of amides is 2. The molecule has 0 saturated carbocycles. The van der Waals surface area contributed by atoms with Crippen LogP contribution in [0.2, 0.25) is 0 Å². The summed E-state index contributed by atoms with van der Waals surface area (Å²) in [5.74, 6) is -0.242. The molecule has 1 aliphatic rings. The van der Waals surface area contributed by atoms with Crippen LogP contribution < -0.4 is 9.64 Å². The summed E-state index contributed by atoms with van der Waals surface area (Å²) in [7, 11) is 3.29. The minimum absolute atomic E-state index is 0.0181. The number of ether oxygens (including phenoxy) is 1. The number of nitrogens with zero attached hydrogens (tertiary/aromatic N) is 4. The first kappa shape index (κ1) is 22.2. The Morgan fingerprint density at radius 1 is 1.29 bits per heavy atom. The molecule has 1 aliphatic heterocycles. The molecule has 0 saturated heterocycles. The lowest BCUT2D eigenvalue weighted by atomic mass is 10.1. The lowest BCUT2D eigenvalue weighted by molar-refractivity contribution is -0.136. The molecule has 0 radical (unpaired) electrons. The summed E-state index contributed by atoms with van der Waals surface area (Å²) in [5.41, 5.74) is 3.52. The molecular formula is C24H28N4O3. The lowest BCUT2D eigenvalue weighted by Crippen LogP contribution is -2.50. The van der Waals surface area contributed by atoms with Crippen molar-refractivity contribution in [2.45, 2.75) is 39.8 Å². The number of carbonyl (C=O) groups is 2. The molecule has 31 heavy (non-hydrogen) atoms. The summed E-state index contributed by atoms with van der Waals surface area (Å²) in [6.07, 6.45) is 1.80. The molecule has 0 spiro atoms. The molecule has 0 aliphatic carbocycles. The number of benzene rings is 1. The van der Waals surface area contributed by atoms with E-state index in [1.807, 2.05) is 19.9 Å². The van der Waals surface area contributed by atoms with Gasteiger partial charge in [-0.3, -0.25) is 14.5 Å². The maximum Gasteiger partial charge on any atom is 0.269 e. The maximum absolute atomic E-state index is 13.4. The van der Waals surface area contributed by atoms with Crippen LogP contribution in [0.3, 0.4) is 0 Å². The topological polar surface area (TPSA) is 78.6 Å². The quantitative estimate of drug-likeness (QED) is 0.549. The van der Waals surface area contributed by atoms with Crippen molar-refractivity contribution in [2.75, 3.05) is 25.5 Å². The lowest BCUT2D eigenvalue weighted by Gasteiger charge is -2.35. The molecule has 1 aromatic carbocycles. The molecule has 1 atom stereocenters. The first-order valence-corrected chi connectivity index (χ1v) is 10.4. The number of fused-ring (bicyclic) bond motifs is 1. The molecule has 162 valence electrons. The molecule has 2 aromatic rings. The number of likely N-dealkylation sites (N-methyl/N-ethyl adjacent to an activating group) is 1. The zero-order valence-electron chi connectivity index (χ0n) is 18.7. The third-order valence-corrected chi connectivity index (χ3v) is 5.45. The molecule has 7 nitrogen and oxygen atoms in total. The Balaban J connectivity index is 1.99.